The van der Waals surface area contributed by atoms with Gasteiger partial charge in [-0.3, -0.25) is 9.52 Å². The van der Waals surface area contributed by atoms with Crippen molar-refractivity contribution in [3.63, 3.8) is 0 Å². The quantitative estimate of drug-likeness (QED) is 0.555. The molecular weight excluding hydrogens is 415 g/mol. The summed E-state index contributed by atoms with van der Waals surface area (Å²) in [6.45, 7) is 1.90. The van der Waals surface area contributed by atoms with E-state index < -0.39 is 15.9 Å². The van der Waals surface area contributed by atoms with Gasteiger partial charge in [0.15, 0.2) is 0 Å². The lowest BCUT2D eigenvalue weighted by Crippen LogP contribution is -2.13. The highest BCUT2D eigenvalue weighted by Crippen LogP contribution is 2.21. The molecule has 0 saturated carbocycles. The van der Waals surface area contributed by atoms with E-state index in [1.807, 2.05) is 6.92 Å². The molecule has 0 spiro atoms. The van der Waals surface area contributed by atoms with Gasteiger partial charge in [-0.25, -0.2) is 12.8 Å². The number of nitrogens with one attached hydrogen (secondary N) is 2. The van der Waals surface area contributed by atoms with E-state index in [4.69, 9.17) is 0 Å². The molecule has 0 fully saturated rings. The average molecular weight is 433 g/mol. The second-order valence-corrected chi connectivity index (χ2v) is 8.60. The molecule has 10 heteroatoms. The zero-order valence-corrected chi connectivity index (χ0v) is 16.9. The van der Waals surface area contributed by atoms with Crippen molar-refractivity contribution in [2.24, 2.45) is 0 Å². The van der Waals surface area contributed by atoms with Crippen LogP contribution in [0.25, 0.3) is 6.08 Å². The summed E-state index contributed by atoms with van der Waals surface area (Å²) in [6, 6.07) is 11.4. The molecule has 1 amide bonds. The van der Waals surface area contributed by atoms with Crippen LogP contribution >= 0.6 is 11.3 Å². The van der Waals surface area contributed by atoms with Gasteiger partial charge in [-0.05, 0) is 54.5 Å². The molecule has 0 atom stereocenters. The normalized spacial score (nSPS) is 11.5. The molecule has 0 saturated heterocycles. The molecule has 0 unspecified atom stereocenters. The van der Waals surface area contributed by atoms with E-state index >= 15 is 0 Å². The zero-order valence-electron chi connectivity index (χ0n) is 15.3. The molecule has 150 valence electrons. The summed E-state index contributed by atoms with van der Waals surface area (Å²) in [5.74, 6) is -0.753. The first-order valence-electron chi connectivity index (χ1n) is 8.55. The summed E-state index contributed by atoms with van der Waals surface area (Å²) < 4.78 is 40.1. The van der Waals surface area contributed by atoms with E-state index in [1.165, 1.54) is 53.8 Å². The largest absolute Gasteiger partial charge is 0.323 e. The number of anilines is 2. The van der Waals surface area contributed by atoms with Gasteiger partial charge in [-0.1, -0.05) is 30.4 Å². The molecule has 0 aliphatic rings. The van der Waals surface area contributed by atoms with E-state index in [1.54, 1.807) is 18.2 Å². The number of nitrogens with zero attached hydrogens (tertiary/aromatic N) is 2. The Morgan fingerprint density at radius 3 is 2.41 bits per heavy atom. The van der Waals surface area contributed by atoms with Crippen molar-refractivity contribution in [3.8, 4) is 0 Å². The minimum Gasteiger partial charge on any atom is -0.323 e. The number of benzene rings is 2. The third-order valence-corrected chi connectivity index (χ3v) is 6.19. The molecule has 0 aliphatic heterocycles. The summed E-state index contributed by atoms with van der Waals surface area (Å²) in [5.41, 5.74) is 1.11. The second kappa shape index (κ2) is 8.93. The van der Waals surface area contributed by atoms with Crippen LogP contribution in [0.4, 0.5) is 15.2 Å². The van der Waals surface area contributed by atoms with Crippen LogP contribution in [0, 0.1) is 5.82 Å². The van der Waals surface area contributed by atoms with Gasteiger partial charge in [0.1, 0.15) is 10.8 Å². The fraction of sp³-hybridized carbons (Fsp3) is 0.105. The average Bonchev–Trinajstić information content (AvgIpc) is 3.15. The van der Waals surface area contributed by atoms with Gasteiger partial charge in [-0.15, -0.1) is 10.2 Å². The van der Waals surface area contributed by atoms with Gasteiger partial charge >= 0.3 is 0 Å². The Kier molecular flexibility index (Phi) is 6.35. The van der Waals surface area contributed by atoms with Crippen LogP contribution in [-0.4, -0.2) is 24.5 Å². The molecule has 0 radical (unpaired) electrons. The van der Waals surface area contributed by atoms with Crippen molar-refractivity contribution < 1.29 is 17.6 Å². The number of hydrogen-bond donors (Lipinski definition) is 2. The van der Waals surface area contributed by atoms with Crippen molar-refractivity contribution in [1.82, 2.24) is 10.2 Å². The van der Waals surface area contributed by atoms with Crippen LogP contribution in [0.1, 0.15) is 17.5 Å². The standard InChI is InChI=1S/C19H17FN4O3S2/c1-2-18-22-23-19(28-18)24-29(26,27)16-10-8-15(9-11-16)21-17(25)12-5-13-3-6-14(20)7-4-13/h3-12H,2H2,1H3,(H,21,25)(H,23,24)/b12-5+. The summed E-state index contributed by atoms with van der Waals surface area (Å²) in [7, 11) is -3.80. The van der Waals surface area contributed by atoms with Gasteiger partial charge in [0, 0.05) is 11.8 Å². The Morgan fingerprint density at radius 1 is 1.10 bits per heavy atom. The topological polar surface area (TPSA) is 101 Å². The first-order valence-corrected chi connectivity index (χ1v) is 10.9. The zero-order chi connectivity index (χ0) is 20.9. The Bertz CT molecular complexity index is 1130. The number of carbonyl (C=O) groups is 1. The summed E-state index contributed by atoms with van der Waals surface area (Å²) >= 11 is 1.17. The van der Waals surface area contributed by atoms with E-state index in [0.29, 0.717) is 17.7 Å². The third-order valence-electron chi connectivity index (χ3n) is 3.72. The molecule has 3 rings (SSSR count). The highest BCUT2D eigenvalue weighted by Gasteiger charge is 2.16. The van der Waals surface area contributed by atoms with Crippen molar-refractivity contribution in [1.29, 1.82) is 0 Å². The number of sulfonamides is 1. The predicted molar refractivity (Wildman–Crippen MR) is 111 cm³/mol. The first-order chi connectivity index (χ1) is 13.9. The van der Waals surface area contributed by atoms with E-state index in [2.05, 4.69) is 20.2 Å². The molecule has 7 nitrogen and oxygen atoms in total. The van der Waals surface area contributed by atoms with Crippen molar-refractivity contribution in [2.75, 3.05) is 10.0 Å². The molecule has 2 N–H and O–H groups in total. The summed E-state index contributed by atoms with van der Waals surface area (Å²) in [6.07, 6.45) is 3.52. The third kappa shape index (κ3) is 5.69. The van der Waals surface area contributed by atoms with Gasteiger partial charge in [-0.2, -0.15) is 0 Å². The van der Waals surface area contributed by atoms with Crippen LogP contribution in [0.5, 0.6) is 0 Å². The van der Waals surface area contributed by atoms with Crippen LogP contribution < -0.4 is 10.0 Å². The molecule has 1 heterocycles. The Labute approximate surface area is 171 Å². The second-order valence-electron chi connectivity index (χ2n) is 5.86. The van der Waals surface area contributed by atoms with Crippen molar-refractivity contribution in [2.45, 2.75) is 18.2 Å². The van der Waals surface area contributed by atoms with Crippen LogP contribution in [-0.2, 0) is 21.2 Å². The molecule has 29 heavy (non-hydrogen) atoms. The Hall–Kier alpha value is -3.11. The Morgan fingerprint density at radius 2 is 1.79 bits per heavy atom. The Balaban J connectivity index is 1.63. The lowest BCUT2D eigenvalue weighted by molar-refractivity contribution is -0.111. The van der Waals surface area contributed by atoms with E-state index in [-0.39, 0.29) is 15.8 Å². The maximum atomic E-state index is 12.9. The van der Waals surface area contributed by atoms with Crippen molar-refractivity contribution >= 4 is 44.2 Å². The SMILES string of the molecule is CCc1nnc(NS(=O)(=O)c2ccc(NC(=O)/C=C/c3ccc(F)cc3)cc2)s1. The maximum Gasteiger partial charge on any atom is 0.263 e. The van der Waals surface area contributed by atoms with Crippen LogP contribution in [0.15, 0.2) is 59.5 Å². The van der Waals surface area contributed by atoms with E-state index in [9.17, 15) is 17.6 Å². The molecule has 0 aliphatic carbocycles. The molecule has 2 aromatic carbocycles. The minimum absolute atomic E-state index is 0.0330. The number of halogens is 1. The molecule has 3 aromatic rings. The van der Waals surface area contributed by atoms with Gasteiger partial charge in [0.2, 0.25) is 11.0 Å². The molecular formula is C19H17FN4O3S2. The highest BCUT2D eigenvalue weighted by molar-refractivity contribution is 7.93. The lowest BCUT2D eigenvalue weighted by atomic mass is 10.2. The van der Waals surface area contributed by atoms with Crippen LogP contribution in [0.3, 0.4) is 0 Å². The van der Waals surface area contributed by atoms with Gasteiger partial charge in [0.05, 0.1) is 4.90 Å². The lowest BCUT2D eigenvalue weighted by Gasteiger charge is -2.06. The number of rotatable bonds is 7. The number of aromatic nitrogens is 2. The minimum atomic E-state index is -3.80. The summed E-state index contributed by atoms with van der Waals surface area (Å²) in [5, 5.41) is 11.2. The highest BCUT2D eigenvalue weighted by atomic mass is 32.2. The van der Waals surface area contributed by atoms with E-state index in [0.717, 1.165) is 5.01 Å². The number of amides is 1. The van der Waals surface area contributed by atoms with Gasteiger partial charge < -0.3 is 5.32 Å². The van der Waals surface area contributed by atoms with Crippen molar-refractivity contribution in [3.05, 3.63) is 71.0 Å². The molecule has 0 bridgehead atoms. The fourth-order valence-corrected chi connectivity index (χ4v) is 4.17. The predicted octanol–water partition coefficient (Wildman–Crippen LogP) is 3.69. The number of carbonyl (C=O) groups excluding carboxylic acids is 1. The number of aryl methyl sites for hydroxylation is 1. The fourth-order valence-electron chi connectivity index (χ4n) is 2.26. The summed E-state index contributed by atoms with van der Waals surface area (Å²) in [4.78, 5) is 12.0. The van der Waals surface area contributed by atoms with Crippen LogP contribution in [0.2, 0.25) is 0 Å². The number of hydrogen-bond acceptors (Lipinski definition) is 6. The monoisotopic (exact) mass is 432 g/mol. The first kappa shape index (κ1) is 20.6. The molecule has 1 aromatic heterocycles. The smallest absolute Gasteiger partial charge is 0.263 e. The maximum absolute atomic E-state index is 12.9. The van der Waals surface area contributed by atoms with Gasteiger partial charge in [0.25, 0.3) is 10.0 Å².